The van der Waals surface area contributed by atoms with Gasteiger partial charge in [-0.15, -0.1) is 0 Å². The fourth-order valence-corrected chi connectivity index (χ4v) is 4.75. The number of halogens is 4. The molecule has 1 aliphatic rings. The number of piperazine rings is 1. The molecule has 32 heavy (non-hydrogen) atoms. The third-order valence-electron chi connectivity index (χ3n) is 5.05. The Morgan fingerprint density at radius 1 is 1.16 bits per heavy atom. The maximum absolute atomic E-state index is 14.0. The first-order valence-electron chi connectivity index (χ1n) is 10.3. The molecular formula is C20H29F4N3O4S. The average molecular weight is 484 g/mol. The zero-order chi connectivity index (χ0) is 23.9. The molecule has 0 spiro atoms. The van der Waals surface area contributed by atoms with Crippen molar-refractivity contribution in [1.29, 1.82) is 0 Å². The van der Waals surface area contributed by atoms with E-state index < -0.39 is 45.5 Å². The summed E-state index contributed by atoms with van der Waals surface area (Å²) in [7, 11) is -4.23. The van der Waals surface area contributed by atoms with Crippen LogP contribution in [-0.2, 0) is 19.6 Å². The molecule has 0 radical (unpaired) electrons. The lowest BCUT2D eigenvalue weighted by atomic mass is 10.0. The van der Waals surface area contributed by atoms with Crippen molar-refractivity contribution in [2.75, 3.05) is 45.9 Å². The van der Waals surface area contributed by atoms with Crippen LogP contribution in [-0.4, -0.2) is 82.3 Å². The Bertz CT molecular complexity index is 857. The van der Waals surface area contributed by atoms with Gasteiger partial charge in [0, 0.05) is 39.3 Å². The van der Waals surface area contributed by atoms with Crippen LogP contribution >= 0.6 is 0 Å². The topological polar surface area (TPSA) is 79.0 Å². The maximum Gasteiger partial charge on any atom is 0.411 e. The summed E-state index contributed by atoms with van der Waals surface area (Å²) in [5, 5.41) is 0. The maximum atomic E-state index is 14.0. The smallest absolute Gasteiger partial charge is 0.372 e. The van der Waals surface area contributed by atoms with Gasteiger partial charge in [-0.25, -0.2) is 12.8 Å². The number of hydrogen-bond donors (Lipinski definition) is 1. The Labute approximate surface area is 185 Å². The number of carbonyl (C=O) groups excluding carboxylic acids is 1. The SMILES string of the molecule is CC(C)[C@H](NS(=O)(=O)c1ccccc1F)C(=O)N1CCN(CCCOCC(F)(F)F)CC1. The van der Waals surface area contributed by atoms with Crippen molar-refractivity contribution >= 4 is 15.9 Å². The molecule has 1 heterocycles. The molecule has 182 valence electrons. The van der Waals surface area contributed by atoms with Crippen molar-refractivity contribution in [2.24, 2.45) is 5.92 Å². The minimum absolute atomic E-state index is 0.00803. The zero-order valence-electron chi connectivity index (χ0n) is 18.1. The highest BCUT2D eigenvalue weighted by molar-refractivity contribution is 7.89. The summed E-state index contributed by atoms with van der Waals surface area (Å²) in [5.41, 5.74) is 0. The van der Waals surface area contributed by atoms with Crippen LogP contribution < -0.4 is 4.72 Å². The predicted molar refractivity (Wildman–Crippen MR) is 110 cm³/mol. The van der Waals surface area contributed by atoms with Crippen LogP contribution in [0.25, 0.3) is 0 Å². The number of benzene rings is 1. The second kappa shape index (κ2) is 11.4. The Morgan fingerprint density at radius 2 is 1.78 bits per heavy atom. The third kappa shape index (κ3) is 7.98. The summed E-state index contributed by atoms with van der Waals surface area (Å²) < 4.78 is 82.3. The van der Waals surface area contributed by atoms with E-state index in [0.29, 0.717) is 39.1 Å². The van der Waals surface area contributed by atoms with Crippen molar-refractivity contribution in [2.45, 2.75) is 37.4 Å². The number of nitrogens with one attached hydrogen (secondary N) is 1. The van der Waals surface area contributed by atoms with Gasteiger partial charge in [0.15, 0.2) is 0 Å². The molecule has 0 aromatic heterocycles. The fraction of sp³-hybridized carbons (Fsp3) is 0.650. The summed E-state index contributed by atoms with van der Waals surface area (Å²) in [6.07, 6.45) is -3.91. The lowest BCUT2D eigenvalue weighted by molar-refractivity contribution is -0.174. The van der Waals surface area contributed by atoms with Crippen molar-refractivity contribution in [1.82, 2.24) is 14.5 Å². The molecule has 1 saturated heterocycles. The van der Waals surface area contributed by atoms with Crippen LogP contribution in [0.15, 0.2) is 29.2 Å². The number of carbonyl (C=O) groups is 1. The third-order valence-corrected chi connectivity index (χ3v) is 6.53. The summed E-state index contributed by atoms with van der Waals surface area (Å²) in [4.78, 5) is 16.0. The molecule has 7 nitrogen and oxygen atoms in total. The fourth-order valence-electron chi connectivity index (χ4n) is 3.33. The molecule has 1 aromatic rings. The number of hydrogen-bond acceptors (Lipinski definition) is 5. The first-order valence-corrected chi connectivity index (χ1v) is 11.8. The van der Waals surface area contributed by atoms with Gasteiger partial charge < -0.3 is 9.64 Å². The normalized spacial score (nSPS) is 17.0. The van der Waals surface area contributed by atoms with Gasteiger partial charge in [0.05, 0.1) is 0 Å². The standard InChI is InChI=1S/C20H29F4N3O4S/c1-15(2)18(25-32(29,30)17-7-4-3-6-16(17)21)19(28)27-11-9-26(10-12-27)8-5-13-31-14-20(22,23)24/h3-4,6-7,15,18,25H,5,8-14H2,1-2H3/t18-/m0/s1. The molecule has 0 saturated carbocycles. The van der Waals surface area contributed by atoms with Gasteiger partial charge in [-0.05, 0) is 24.5 Å². The Kier molecular flexibility index (Phi) is 9.43. The van der Waals surface area contributed by atoms with E-state index in [1.165, 1.54) is 12.1 Å². The molecule has 0 unspecified atom stereocenters. The van der Waals surface area contributed by atoms with Gasteiger partial charge in [-0.3, -0.25) is 9.69 Å². The van der Waals surface area contributed by atoms with Gasteiger partial charge in [-0.1, -0.05) is 26.0 Å². The van der Waals surface area contributed by atoms with Crippen LogP contribution in [0.1, 0.15) is 20.3 Å². The zero-order valence-corrected chi connectivity index (χ0v) is 18.9. The molecular weight excluding hydrogens is 454 g/mol. The van der Waals surface area contributed by atoms with E-state index in [9.17, 15) is 30.8 Å². The molecule has 0 aliphatic carbocycles. The summed E-state index contributed by atoms with van der Waals surface area (Å²) in [6, 6.07) is 3.89. The monoisotopic (exact) mass is 483 g/mol. The van der Waals surface area contributed by atoms with Crippen molar-refractivity contribution in [3.05, 3.63) is 30.1 Å². The number of alkyl halides is 3. The van der Waals surface area contributed by atoms with Crippen LogP contribution in [0.4, 0.5) is 17.6 Å². The largest absolute Gasteiger partial charge is 0.411 e. The number of ether oxygens (including phenoxy) is 1. The first kappa shape index (κ1) is 26.5. The highest BCUT2D eigenvalue weighted by atomic mass is 32.2. The first-order chi connectivity index (χ1) is 14.9. The van der Waals surface area contributed by atoms with E-state index in [2.05, 4.69) is 9.46 Å². The molecule has 12 heteroatoms. The molecule has 2 rings (SSSR count). The van der Waals surface area contributed by atoms with Crippen LogP contribution in [0.2, 0.25) is 0 Å². The van der Waals surface area contributed by atoms with Crippen molar-refractivity contribution < 1.29 is 35.5 Å². The number of amides is 1. The minimum Gasteiger partial charge on any atom is -0.372 e. The van der Waals surface area contributed by atoms with Crippen molar-refractivity contribution in [3.8, 4) is 0 Å². The second-order valence-corrected chi connectivity index (χ2v) is 9.64. The Balaban J connectivity index is 1.88. The summed E-state index contributed by atoms with van der Waals surface area (Å²) >= 11 is 0. The lowest BCUT2D eigenvalue weighted by Gasteiger charge is -2.37. The molecule has 1 atom stereocenters. The molecule has 1 aliphatic heterocycles. The quantitative estimate of drug-likeness (QED) is 0.408. The van der Waals surface area contributed by atoms with Gasteiger partial charge in [-0.2, -0.15) is 17.9 Å². The molecule has 1 aromatic carbocycles. The Hall–Kier alpha value is -1.76. The lowest BCUT2D eigenvalue weighted by Crippen LogP contribution is -2.56. The highest BCUT2D eigenvalue weighted by Crippen LogP contribution is 2.17. The predicted octanol–water partition coefficient (Wildman–Crippen LogP) is 2.24. The molecule has 0 bridgehead atoms. The molecule has 1 N–H and O–H groups in total. The van der Waals surface area contributed by atoms with E-state index >= 15 is 0 Å². The summed E-state index contributed by atoms with van der Waals surface area (Å²) in [5.74, 6) is -1.66. The van der Waals surface area contributed by atoms with E-state index in [0.717, 1.165) is 12.1 Å². The number of rotatable bonds is 10. The minimum atomic E-state index is -4.34. The average Bonchev–Trinajstić information content (AvgIpc) is 2.71. The van der Waals surface area contributed by atoms with E-state index in [1.54, 1.807) is 18.7 Å². The molecule has 1 amide bonds. The van der Waals surface area contributed by atoms with Gasteiger partial charge >= 0.3 is 6.18 Å². The van der Waals surface area contributed by atoms with E-state index in [4.69, 9.17) is 0 Å². The van der Waals surface area contributed by atoms with Crippen LogP contribution in [0.3, 0.4) is 0 Å². The van der Waals surface area contributed by atoms with Crippen molar-refractivity contribution in [3.63, 3.8) is 0 Å². The van der Waals surface area contributed by atoms with Gasteiger partial charge in [0.2, 0.25) is 15.9 Å². The number of nitrogens with zero attached hydrogens (tertiary/aromatic N) is 2. The van der Waals surface area contributed by atoms with E-state index in [1.807, 2.05) is 4.90 Å². The number of sulfonamides is 1. The highest BCUT2D eigenvalue weighted by Gasteiger charge is 2.34. The van der Waals surface area contributed by atoms with Gasteiger partial charge in [0.25, 0.3) is 0 Å². The second-order valence-electron chi connectivity index (χ2n) is 7.96. The summed E-state index contributed by atoms with van der Waals surface area (Å²) in [6.45, 7) is 4.38. The van der Waals surface area contributed by atoms with Gasteiger partial charge in [0.1, 0.15) is 23.4 Å². The van der Waals surface area contributed by atoms with Crippen LogP contribution in [0.5, 0.6) is 0 Å². The van der Waals surface area contributed by atoms with Crippen LogP contribution in [0, 0.1) is 11.7 Å². The Morgan fingerprint density at radius 3 is 2.34 bits per heavy atom. The van der Waals surface area contributed by atoms with E-state index in [-0.39, 0.29) is 12.5 Å². The molecule has 1 fully saturated rings.